The fourth-order valence-electron chi connectivity index (χ4n) is 2.82. The van der Waals surface area contributed by atoms with Crippen LogP contribution in [0.15, 0.2) is 30.3 Å². The summed E-state index contributed by atoms with van der Waals surface area (Å²) in [6.45, 7) is 2.22. The maximum absolute atomic E-state index is 12.9. The van der Waals surface area contributed by atoms with Crippen molar-refractivity contribution in [2.45, 2.75) is 56.6 Å². The van der Waals surface area contributed by atoms with E-state index < -0.39 is 0 Å². The van der Waals surface area contributed by atoms with E-state index in [0.717, 1.165) is 24.2 Å². The highest BCUT2D eigenvalue weighted by atomic mass is 32.2. The molecule has 0 unspecified atom stereocenters. The van der Waals surface area contributed by atoms with E-state index in [2.05, 4.69) is 6.92 Å². The molecule has 2 rings (SSSR count). The Morgan fingerprint density at radius 3 is 2.47 bits per heavy atom. The first kappa shape index (κ1) is 14.6. The second-order valence-corrected chi connectivity index (χ2v) is 6.93. The number of unbranched alkanes of at least 4 members (excludes halogenated alkanes) is 1. The molecule has 0 heterocycles. The molecule has 0 amide bonds. The van der Waals surface area contributed by atoms with Gasteiger partial charge in [0.1, 0.15) is 0 Å². The Morgan fingerprint density at radius 2 is 1.84 bits per heavy atom. The van der Waals surface area contributed by atoms with Crippen molar-refractivity contribution < 1.29 is 4.79 Å². The Balaban J connectivity index is 2.14. The van der Waals surface area contributed by atoms with E-state index >= 15 is 0 Å². The normalized spacial score (nSPS) is 18.2. The summed E-state index contributed by atoms with van der Waals surface area (Å²) in [5.41, 5.74) is 0.897. The molecule has 0 atom stereocenters. The van der Waals surface area contributed by atoms with Crippen LogP contribution in [0.2, 0.25) is 0 Å². The van der Waals surface area contributed by atoms with Gasteiger partial charge in [-0.1, -0.05) is 62.9 Å². The second kappa shape index (κ2) is 7.14. The van der Waals surface area contributed by atoms with E-state index in [4.69, 9.17) is 0 Å². The monoisotopic (exact) mass is 276 g/mol. The molecular weight excluding hydrogens is 252 g/mol. The van der Waals surface area contributed by atoms with Crippen LogP contribution >= 0.6 is 11.8 Å². The highest BCUT2D eigenvalue weighted by Crippen LogP contribution is 2.42. The molecule has 2 heteroatoms. The molecule has 0 spiro atoms. The Hall–Kier alpha value is -0.760. The molecule has 1 aliphatic carbocycles. The number of hydrogen-bond acceptors (Lipinski definition) is 2. The van der Waals surface area contributed by atoms with Crippen molar-refractivity contribution in [3.05, 3.63) is 35.9 Å². The van der Waals surface area contributed by atoms with Crippen LogP contribution in [0.5, 0.6) is 0 Å². The minimum absolute atomic E-state index is 0.130. The van der Waals surface area contributed by atoms with Gasteiger partial charge in [-0.25, -0.2) is 0 Å². The van der Waals surface area contributed by atoms with Gasteiger partial charge >= 0.3 is 0 Å². The van der Waals surface area contributed by atoms with Gasteiger partial charge in [0.15, 0.2) is 5.78 Å². The van der Waals surface area contributed by atoms with Crippen LogP contribution in [-0.4, -0.2) is 16.3 Å². The average Bonchev–Trinajstić information content (AvgIpc) is 2.49. The molecule has 0 bridgehead atoms. The predicted molar refractivity (Wildman–Crippen MR) is 84.0 cm³/mol. The lowest BCUT2D eigenvalue weighted by molar-refractivity contribution is 0.0919. The van der Waals surface area contributed by atoms with E-state index in [1.54, 1.807) is 0 Å². The highest BCUT2D eigenvalue weighted by molar-refractivity contribution is 8.01. The number of ketones is 1. The minimum Gasteiger partial charge on any atom is -0.293 e. The molecular formula is C17H24OS. The summed E-state index contributed by atoms with van der Waals surface area (Å²) in [7, 11) is 0. The van der Waals surface area contributed by atoms with Gasteiger partial charge in [0.25, 0.3) is 0 Å². The van der Waals surface area contributed by atoms with Crippen molar-refractivity contribution in [2.75, 3.05) is 5.75 Å². The number of carbonyl (C=O) groups is 1. The molecule has 1 nitrogen and oxygen atoms in total. The maximum Gasteiger partial charge on any atom is 0.178 e. The number of thioether (sulfide) groups is 1. The summed E-state index contributed by atoms with van der Waals surface area (Å²) in [4.78, 5) is 12.9. The zero-order chi connectivity index (χ0) is 13.6. The van der Waals surface area contributed by atoms with E-state index in [0.29, 0.717) is 5.78 Å². The van der Waals surface area contributed by atoms with Crippen molar-refractivity contribution in [3.63, 3.8) is 0 Å². The first-order chi connectivity index (χ1) is 9.28. The van der Waals surface area contributed by atoms with E-state index in [1.807, 2.05) is 42.1 Å². The third-order valence-corrected chi connectivity index (χ3v) is 5.63. The Labute approximate surface area is 121 Å². The average molecular weight is 276 g/mol. The van der Waals surface area contributed by atoms with Gasteiger partial charge in [-0.3, -0.25) is 4.79 Å². The van der Waals surface area contributed by atoms with Crippen molar-refractivity contribution in [3.8, 4) is 0 Å². The van der Waals surface area contributed by atoms with E-state index in [9.17, 15) is 4.79 Å². The van der Waals surface area contributed by atoms with E-state index in [-0.39, 0.29) is 4.75 Å². The summed E-state index contributed by atoms with van der Waals surface area (Å²) in [5, 5.41) is 0. The minimum atomic E-state index is -0.130. The third kappa shape index (κ3) is 3.62. The van der Waals surface area contributed by atoms with Gasteiger partial charge in [0, 0.05) is 5.56 Å². The smallest absolute Gasteiger partial charge is 0.178 e. The van der Waals surface area contributed by atoms with Crippen molar-refractivity contribution in [1.82, 2.24) is 0 Å². The van der Waals surface area contributed by atoms with Crippen LogP contribution in [0.25, 0.3) is 0 Å². The molecule has 0 aromatic heterocycles. The second-order valence-electron chi connectivity index (χ2n) is 5.45. The first-order valence-electron chi connectivity index (χ1n) is 7.52. The zero-order valence-electron chi connectivity index (χ0n) is 11.9. The van der Waals surface area contributed by atoms with Gasteiger partial charge in [-0.05, 0) is 25.0 Å². The fraction of sp³-hybridized carbons (Fsp3) is 0.588. The summed E-state index contributed by atoms with van der Waals surface area (Å²) >= 11 is 1.92. The SMILES string of the molecule is CCCCSC1(C(=O)c2ccccc2)CCCCC1. The van der Waals surface area contributed by atoms with Crippen molar-refractivity contribution in [1.29, 1.82) is 0 Å². The standard InChI is InChI=1S/C17H24OS/c1-2-3-14-19-17(12-8-5-9-13-17)16(18)15-10-6-4-7-11-15/h4,6-7,10-11H,2-3,5,8-9,12-14H2,1H3. The number of benzene rings is 1. The Morgan fingerprint density at radius 1 is 1.16 bits per heavy atom. The van der Waals surface area contributed by atoms with Gasteiger partial charge in [0.2, 0.25) is 0 Å². The maximum atomic E-state index is 12.9. The lowest BCUT2D eigenvalue weighted by Crippen LogP contribution is -2.37. The molecule has 1 aromatic carbocycles. The molecule has 1 fully saturated rings. The zero-order valence-corrected chi connectivity index (χ0v) is 12.7. The van der Waals surface area contributed by atoms with Gasteiger partial charge in [-0.2, -0.15) is 0 Å². The summed E-state index contributed by atoms with van der Waals surface area (Å²) in [5.74, 6) is 1.49. The number of rotatable bonds is 6. The van der Waals surface area contributed by atoms with Crippen LogP contribution in [0.3, 0.4) is 0 Å². The van der Waals surface area contributed by atoms with Crippen LogP contribution in [0.1, 0.15) is 62.2 Å². The number of carbonyl (C=O) groups excluding carboxylic acids is 1. The summed E-state index contributed by atoms with van der Waals surface area (Å²) in [6.07, 6.45) is 8.26. The number of hydrogen-bond donors (Lipinski definition) is 0. The molecule has 104 valence electrons. The van der Waals surface area contributed by atoms with Crippen molar-refractivity contribution >= 4 is 17.5 Å². The topological polar surface area (TPSA) is 17.1 Å². The molecule has 19 heavy (non-hydrogen) atoms. The molecule has 1 saturated carbocycles. The number of Topliss-reactive ketones (excluding diaryl/α,β-unsaturated/α-hetero) is 1. The van der Waals surface area contributed by atoms with Crippen LogP contribution in [0, 0.1) is 0 Å². The molecule has 1 aromatic rings. The van der Waals surface area contributed by atoms with Gasteiger partial charge in [0.05, 0.1) is 4.75 Å². The summed E-state index contributed by atoms with van der Waals surface area (Å²) < 4.78 is -0.130. The molecule has 1 aliphatic rings. The lowest BCUT2D eigenvalue weighted by atomic mass is 9.83. The van der Waals surface area contributed by atoms with Crippen LogP contribution in [0.4, 0.5) is 0 Å². The van der Waals surface area contributed by atoms with E-state index in [1.165, 1.54) is 32.1 Å². The fourth-order valence-corrected chi connectivity index (χ4v) is 4.47. The largest absolute Gasteiger partial charge is 0.293 e. The molecule has 0 radical (unpaired) electrons. The molecule has 0 N–H and O–H groups in total. The third-order valence-electron chi connectivity index (χ3n) is 3.99. The highest BCUT2D eigenvalue weighted by Gasteiger charge is 2.39. The molecule has 0 aliphatic heterocycles. The van der Waals surface area contributed by atoms with Crippen LogP contribution in [-0.2, 0) is 0 Å². The molecule has 0 saturated heterocycles. The van der Waals surface area contributed by atoms with Crippen LogP contribution < -0.4 is 0 Å². The van der Waals surface area contributed by atoms with Gasteiger partial charge < -0.3 is 0 Å². The predicted octanol–water partition coefficient (Wildman–Crippen LogP) is 5.11. The first-order valence-corrected chi connectivity index (χ1v) is 8.51. The quantitative estimate of drug-likeness (QED) is 0.531. The Bertz CT molecular complexity index is 393. The summed E-state index contributed by atoms with van der Waals surface area (Å²) in [6, 6.07) is 9.87. The Kier molecular flexibility index (Phi) is 5.50. The lowest BCUT2D eigenvalue weighted by Gasteiger charge is -2.35. The van der Waals surface area contributed by atoms with Gasteiger partial charge in [-0.15, -0.1) is 11.8 Å². The van der Waals surface area contributed by atoms with Crippen molar-refractivity contribution in [2.24, 2.45) is 0 Å².